The Balaban J connectivity index is 1.71. The van der Waals surface area contributed by atoms with Crippen molar-refractivity contribution in [3.63, 3.8) is 0 Å². The van der Waals surface area contributed by atoms with E-state index in [1.165, 1.54) is 29.0 Å². The first-order chi connectivity index (χ1) is 10.1. The smallest absolute Gasteiger partial charge is 0.347 e. The van der Waals surface area contributed by atoms with Crippen molar-refractivity contribution in [3.05, 3.63) is 45.4 Å². The maximum atomic E-state index is 11.1. The van der Waals surface area contributed by atoms with Crippen LogP contribution in [0.5, 0.6) is 0 Å². The lowest BCUT2D eigenvalue weighted by Gasteiger charge is -2.31. The normalized spacial score (nSPS) is 14.0. The summed E-state index contributed by atoms with van der Waals surface area (Å²) in [5.74, 6) is -0.875. The average molecular weight is 302 g/mol. The molecule has 1 aliphatic rings. The lowest BCUT2D eigenvalue weighted by molar-refractivity contribution is 0.0701. The Morgan fingerprint density at radius 2 is 2.24 bits per heavy atom. The van der Waals surface area contributed by atoms with E-state index in [9.17, 15) is 4.79 Å². The summed E-state index contributed by atoms with van der Waals surface area (Å²) in [7, 11) is 0. The van der Waals surface area contributed by atoms with Crippen molar-refractivity contribution >= 4 is 23.0 Å². The monoisotopic (exact) mass is 302 g/mol. The molecule has 1 aromatic carbocycles. The first-order valence-corrected chi connectivity index (χ1v) is 7.99. The lowest BCUT2D eigenvalue weighted by Crippen LogP contribution is -2.31. The van der Waals surface area contributed by atoms with Gasteiger partial charge < -0.3 is 10.0 Å². The lowest BCUT2D eigenvalue weighted by atomic mass is 10.0. The number of para-hydroxylation sites is 1. The largest absolute Gasteiger partial charge is 0.477 e. The number of aryl methyl sites for hydroxylation is 2. The highest BCUT2D eigenvalue weighted by Crippen LogP contribution is 2.27. The van der Waals surface area contributed by atoms with Gasteiger partial charge in [-0.3, -0.25) is 0 Å². The van der Waals surface area contributed by atoms with Crippen LogP contribution >= 0.6 is 11.3 Å². The minimum atomic E-state index is -0.875. The summed E-state index contributed by atoms with van der Waals surface area (Å²) in [5, 5.41) is 10.00. The zero-order valence-electron chi connectivity index (χ0n) is 12.0. The van der Waals surface area contributed by atoms with E-state index in [0.717, 1.165) is 30.9 Å². The molecule has 0 saturated carbocycles. The van der Waals surface area contributed by atoms with Gasteiger partial charge in [-0.25, -0.2) is 9.78 Å². The number of aromatic carboxylic acids is 1. The van der Waals surface area contributed by atoms with Crippen LogP contribution in [0.15, 0.2) is 24.3 Å². The molecule has 0 atom stereocenters. The summed E-state index contributed by atoms with van der Waals surface area (Å²) in [6, 6.07) is 8.53. The van der Waals surface area contributed by atoms with Crippen molar-refractivity contribution in [3.8, 4) is 0 Å². The highest BCUT2D eigenvalue weighted by Gasteiger charge is 2.18. The van der Waals surface area contributed by atoms with Crippen LogP contribution in [0.4, 0.5) is 5.69 Å². The molecule has 110 valence electrons. The maximum absolute atomic E-state index is 11.1. The van der Waals surface area contributed by atoms with E-state index in [-0.39, 0.29) is 0 Å². The highest BCUT2D eigenvalue weighted by atomic mass is 32.1. The number of hydrogen-bond acceptors (Lipinski definition) is 4. The number of carbonyl (C=O) groups is 1. The molecular weight excluding hydrogens is 284 g/mol. The second-order valence-electron chi connectivity index (χ2n) is 5.30. The molecule has 21 heavy (non-hydrogen) atoms. The molecule has 0 spiro atoms. The van der Waals surface area contributed by atoms with Crippen molar-refractivity contribution < 1.29 is 9.90 Å². The molecule has 1 N–H and O–H groups in total. The average Bonchev–Trinajstić information content (AvgIpc) is 2.86. The number of carboxylic acids is 1. The van der Waals surface area contributed by atoms with E-state index in [1.54, 1.807) is 6.92 Å². The number of thiazole rings is 1. The first kappa shape index (κ1) is 14.1. The molecule has 0 fully saturated rings. The molecule has 0 bridgehead atoms. The molecule has 0 aliphatic carbocycles. The van der Waals surface area contributed by atoms with Crippen LogP contribution in [0.25, 0.3) is 0 Å². The van der Waals surface area contributed by atoms with Gasteiger partial charge in [-0.15, -0.1) is 11.3 Å². The fourth-order valence-corrected chi connectivity index (χ4v) is 3.72. The summed E-state index contributed by atoms with van der Waals surface area (Å²) >= 11 is 1.30. The van der Waals surface area contributed by atoms with Crippen molar-refractivity contribution in [2.75, 3.05) is 18.0 Å². The summed E-state index contributed by atoms with van der Waals surface area (Å²) in [6.45, 7) is 3.72. The Hall–Kier alpha value is -1.88. The van der Waals surface area contributed by atoms with Crippen LogP contribution in [0, 0.1) is 6.92 Å². The van der Waals surface area contributed by atoms with Gasteiger partial charge in [-0.05, 0) is 31.4 Å². The van der Waals surface area contributed by atoms with E-state index in [1.807, 2.05) is 0 Å². The third-order valence-corrected chi connectivity index (χ3v) is 5.04. The van der Waals surface area contributed by atoms with E-state index in [4.69, 9.17) is 5.11 Å². The number of fused-ring (bicyclic) bond motifs is 1. The van der Waals surface area contributed by atoms with Gasteiger partial charge in [0.05, 0.1) is 10.7 Å². The van der Waals surface area contributed by atoms with E-state index in [0.29, 0.717) is 10.6 Å². The Labute approximate surface area is 128 Å². The van der Waals surface area contributed by atoms with Gasteiger partial charge in [-0.1, -0.05) is 18.2 Å². The number of hydrogen-bond donors (Lipinski definition) is 1. The van der Waals surface area contributed by atoms with Gasteiger partial charge in [0.2, 0.25) is 0 Å². The third kappa shape index (κ3) is 2.93. The quantitative estimate of drug-likeness (QED) is 0.942. The SMILES string of the molecule is Cc1nc(CCN2CCCc3ccccc32)sc1C(=O)O. The van der Waals surface area contributed by atoms with Crippen LogP contribution in [0.3, 0.4) is 0 Å². The summed E-state index contributed by atoms with van der Waals surface area (Å²) in [5.41, 5.74) is 3.35. The minimum absolute atomic E-state index is 0.365. The van der Waals surface area contributed by atoms with Gasteiger partial charge in [0, 0.05) is 25.2 Å². The molecular formula is C16H18N2O2S. The van der Waals surface area contributed by atoms with Gasteiger partial charge in [0.15, 0.2) is 0 Å². The Morgan fingerprint density at radius 3 is 3.00 bits per heavy atom. The number of aromatic nitrogens is 1. The van der Waals surface area contributed by atoms with Crippen LogP contribution in [0.1, 0.15) is 32.4 Å². The number of rotatable bonds is 4. The number of benzene rings is 1. The van der Waals surface area contributed by atoms with Crippen LogP contribution < -0.4 is 4.90 Å². The predicted molar refractivity (Wildman–Crippen MR) is 84.5 cm³/mol. The summed E-state index contributed by atoms with van der Waals surface area (Å²) in [6.07, 6.45) is 3.12. The van der Waals surface area contributed by atoms with E-state index >= 15 is 0 Å². The van der Waals surface area contributed by atoms with Gasteiger partial charge in [0.25, 0.3) is 0 Å². The van der Waals surface area contributed by atoms with Crippen LogP contribution in [-0.2, 0) is 12.8 Å². The molecule has 2 heterocycles. The minimum Gasteiger partial charge on any atom is -0.477 e. The molecule has 0 saturated heterocycles. The molecule has 3 rings (SSSR count). The van der Waals surface area contributed by atoms with Crippen molar-refractivity contribution in [2.45, 2.75) is 26.2 Å². The third-order valence-electron chi connectivity index (χ3n) is 3.84. The number of carboxylic acid groups (broad SMARTS) is 1. The zero-order chi connectivity index (χ0) is 14.8. The Kier molecular flexibility index (Phi) is 3.92. The molecule has 0 amide bonds. The Bertz CT molecular complexity index is 666. The number of anilines is 1. The van der Waals surface area contributed by atoms with Crippen LogP contribution in [0.2, 0.25) is 0 Å². The first-order valence-electron chi connectivity index (χ1n) is 7.17. The molecule has 0 radical (unpaired) electrons. The fraction of sp³-hybridized carbons (Fsp3) is 0.375. The van der Waals surface area contributed by atoms with Crippen molar-refractivity contribution in [1.82, 2.24) is 4.98 Å². The summed E-state index contributed by atoms with van der Waals surface area (Å²) in [4.78, 5) is 18.2. The second kappa shape index (κ2) is 5.85. The van der Waals surface area contributed by atoms with E-state index < -0.39 is 5.97 Å². The van der Waals surface area contributed by atoms with Crippen molar-refractivity contribution in [2.24, 2.45) is 0 Å². The molecule has 5 heteroatoms. The standard InChI is InChI=1S/C16H18N2O2S/c1-11-15(16(19)20)21-14(17-11)8-10-18-9-4-6-12-5-2-3-7-13(12)18/h2-3,5,7H,4,6,8-10H2,1H3,(H,19,20). The van der Waals surface area contributed by atoms with E-state index in [2.05, 4.69) is 34.1 Å². The molecule has 0 unspecified atom stereocenters. The van der Waals surface area contributed by atoms with Gasteiger partial charge >= 0.3 is 5.97 Å². The predicted octanol–water partition coefficient (Wildman–Crippen LogP) is 3.15. The van der Waals surface area contributed by atoms with Crippen molar-refractivity contribution in [1.29, 1.82) is 0 Å². The number of nitrogens with zero attached hydrogens (tertiary/aromatic N) is 2. The fourth-order valence-electron chi connectivity index (χ4n) is 2.83. The molecule has 1 aliphatic heterocycles. The molecule has 4 nitrogen and oxygen atoms in total. The van der Waals surface area contributed by atoms with Crippen LogP contribution in [-0.4, -0.2) is 29.1 Å². The summed E-state index contributed by atoms with van der Waals surface area (Å²) < 4.78 is 0. The molecule has 1 aromatic heterocycles. The van der Waals surface area contributed by atoms with Gasteiger partial charge in [0.1, 0.15) is 4.88 Å². The Morgan fingerprint density at radius 1 is 1.43 bits per heavy atom. The molecule has 2 aromatic rings. The zero-order valence-corrected chi connectivity index (χ0v) is 12.8. The second-order valence-corrected chi connectivity index (χ2v) is 6.38. The maximum Gasteiger partial charge on any atom is 0.347 e. The topological polar surface area (TPSA) is 53.4 Å². The highest BCUT2D eigenvalue weighted by molar-refractivity contribution is 7.13. The van der Waals surface area contributed by atoms with Gasteiger partial charge in [-0.2, -0.15) is 0 Å².